The zero-order valence-corrected chi connectivity index (χ0v) is 36.1. The number of unbranched alkanes of at least 4 members (excludes halogenated alkanes) is 27. The molecule has 9 heteroatoms. The van der Waals surface area contributed by atoms with Gasteiger partial charge < -0.3 is 40.3 Å². The van der Waals surface area contributed by atoms with Gasteiger partial charge in [0, 0.05) is 6.42 Å². The van der Waals surface area contributed by atoms with Crippen molar-refractivity contribution in [2.24, 2.45) is 0 Å². The van der Waals surface area contributed by atoms with Gasteiger partial charge in [0.1, 0.15) is 24.4 Å². The number of hydrogen-bond acceptors (Lipinski definition) is 8. The molecule has 9 nitrogen and oxygen atoms in total. The van der Waals surface area contributed by atoms with Crippen molar-refractivity contribution in [3.8, 4) is 0 Å². The second kappa shape index (κ2) is 37.9. The Morgan fingerprint density at radius 2 is 1.02 bits per heavy atom. The van der Waals surface area contributed by atoms with Crippen LogP contribution in [-0.2, 0) is 14.3 Å². The first-order chi connectivity index (χ1) is 27.3. The van der Waals surface area contributed by atoms with Crippen molar-refractivity contribution in [1.82, 2.24) is 5.32 Å². The minimum Gasteiger partial charge on any atom is -0.394 e. The highest BCUT2D eigenvalue weighted by atomic mass is 16.7. The zero-order chi connectivity index (χ0) is 40.9. The molecule has 1 heterocycles. The van der Waals surface area contributed by atoms with Gasteiger partial charge in [-0.3, -0.25) is 4.79 Å². The van der Waals surface area contributed by atoms with E-state index in [4.69, 9.17) is 9.47 Å². The normalized spacial score (nSPS) is 21.3. The van der Waals surface area contributed by atoms with E-state index in [1.165, 1.54) is 154 Å². The van der Waals surface area contributed by atoms with Crippen LogP contribution in [0.1, 0.15) is 213 Å². The minimum atomic E-state index is -1.57. The Labute approximate surface area is 343 Å². The van der Waals surface area contributed by atoms with Crippen LogP contribution in [0, 0.1) is 0 Å². The number of rotatable bonds is 39. The van der Waals surface area contributed by atoms with Gasteiger partial charge in [-0.2, -0.15) is 0 Å². The van der Waals surface area contributed by atoms with Gasteiger partial charge in [-0.25, -0.2) is 0 Å². The zero-order valence-electron chi connectivity index (χ0n) is 36.1. The van der Waals surface area contributed by atoms with Crippen molar-refractivity contribution < 1.29 is 39.8 Å². The summed E-state index contributed by atoms with van der Waals surface area (Å²) >= 11 is 0. The maximum Gasteiger partial charge on any atom is 0.220 e. The molecule has 56 heavy (non-hydrogen) atoms. The third-order valence-corrected chi connectivity index (χ3v) is 11.3. The lowest BCUT2D eigenvalue weighted by molar-refractivity contribution is -0.302. The van der Waals surface area contributed by atoms with E-state index in [1.54, 1.807) is 6.08 Å². The van der Waals surface area contributed by atoms with Crippen molar-refractivity contribution in [2.45, 2.75) is 256 Å². The predicted octanol–water partition coefficient (Wildman–Crippen LogP) is 9.89. The van der Waals surface area contributed by atoms with E-state index in [2.05, 4.69) is 31.3 Å². The van der Waals surface area contributed by atoms with Gasteiger partial charge in [-0.05, 0) is 32.1 Å². The second-order valence-electron chi connectivity index (χ2n) is 16.5. The van der Waals surface area contributed by atoms with Crippen molar-refractivity contribution in [1.29, 1.82) is 0 Å². The Morgan fingerprint density at radius 1 is 0.589 bits per heavy atom. The molecular formula is C47H89NO8. The minimum absolute atomic E-state index is 0.185. The monoisotopic (exact) mass is 796 g/mol. The van der Waals surface area contributed by atoms with Gasteiger partial charge in [0.25, 0.3) is 0 Å². The lowest BCUT2D eigenvalue weighted by Gasteiger charge is -2.40. The Bertz CT molecular complexity index is 930. The molecule has 1 aliphatic rings. The van der Waals surface area contributed by atoms with Gasteiger partial charge in [0.05, 0.1) is 25.4 Å². The van der Waals surface area contributed by atoms with Crippen molar-refractivity contribution in [2.75, 3.05) is 13.2 Å². The van der Waals surface area contributed by atoms with Crippen LogP contribution in [0.4, 0.5) is 0 Å². The predicted molar refractivity (Wildman–Crippen MR) is 230 cm³/mol. The van der Waals surface area contributed by atoms with Crippen LogP contribution >= 0.6 is 0 Å². The van der Waals surface area contributed by atoms with Crippen molar-refractivity contribution in [3.05, 3.63) is 24.3 Å². The number of allylic oxidation sites excluding steroid dienone is 3. The third kappa shape index (κ3) is 28.2. The highest BCUT2D eigenvalue weighted by molar-refractivity contribution is 5.76. The molecule has 1 saturated heterocycles. The van der Waals surface area contributed by atoms with E-state index in [0.29, 0.717) is 6.42 Å². The molecule has 1 aliphatic heterocycles. The fourth-order valence-electron chi connectivity index (χ4n) is 7.47. The lowest BCUT2D eigenvalue weighted by Crippen LogP contribution is -2.60. The average Bonchev–Trinajstić information content (AvgIpc) is 3.20. The second-order valence-corrected chi connectivity index (χ2v) is 16.5. The molecule has 0 aromatic heterocycles. The molecule has 0 saturated carbocycles. The van der Waals surface area contributed by atoms with Gasteiger partial charge in [0.15, 0.2) is 6.29 Å². The Kier molecular flexibility index (Phi) is 35.7. The lowest BCUT2D eigenvalue weighted by atomic mass is 9.99. The van der Waals surface area contributed by atoms with Crippen LogP contribution in [0.15, 0.2) is 24.3 Å². The molecule has 0 radical (unpaired) electrons. The van der Waals surface area contributed by atoms with E-state index < -0.39 is 49.5 Å². The molecule has 0 aromatic rings. The fourth-order valence-corrected chi connectivity index (χ4v) is 7.47. The van der Waals surface area contributed by atoms with Crippen molar-refractivity contribution >= 4 is 5.91 Å². The van der Waals surface area contributed by atoms with Crippen LogP contribution in [0.5, 0.6) is 0 Å². The highest BCUT2D eigenvalue weighted by Gasteiger charge is 2.44. The summed E-state index contributed by atoms with van der Waals surface area (Å²) in [5.74, 6) is -0.185. The quantitative estimate of drug-likeness (QED) is 0.0266. The molecule has 7 atom stereocenters. The topological polar surface area (TPSA) is 149 Å². The first-order valence-corrected chi connectivity index (χ1v) is 23.6. The number of hydrogen-bond donors (Lipinski definition) is 6. The maximum atomic E-state index is 12.9. The Balaban J connectivity index is 2.37. The summed E-state index contributed by atoms with van der Waals surface area (Å²) in [7, 11) is 0. The number of carbonyl (C=O) groups excluding carboxylic acids is 1. The summed E-state index contributed by atoms with van der Waals surface area (Å²) in [5.41, 5.74) is 0. The van der Waals surface area contributed by atoms with Gasteiger partial charge in [0.2, 0.25) is 5.91 Å². The molecule has 6 N–H and O–H groups in total. The number of nitrogens with one attached hydrogen (secondary N) is 1. The van der Waals surface area contributed by atoms with Crippen LogP contribution in [0.25, 0.3) is 0 Å². The molecule has 1 rings (SSSR count). The molecule has 330 valence electrons. The fraction of sp³-hybridized carbons (Fsp3) is 0.894. The molecule has 1 fully saturated rings. The van der Waals surface area contributed by atoms with E-state index >= 15 is 0 Å². The first-order valence-electron chi connectivity index (χ1n) is 23.6. The number of aliphatic hydroxyl groups excluding tert-OH is 5. The van der Waals surface area contributed by atoms with Crippen LogP contribution in [0.2, 0.25) is 0 Å². The Morgan fingerprint density at radius 3 is 1.50 bits per heavy atom. The standard InChI is InChI=1S/C47H89NO8/c1-3-5-7-9-11-13-15-17-19-20-21-23-24-26-28-30-32-34-36-41(50)40(39-55-47-46(54)45(53)44(52)42(38-49)56-47)48-43(51)37-35-33-31-29-27-25-22-18-16-14-12-10-8-6-4-2/h26,28,34,36,40-42,44-47,49-50,52-54H,3-25,27,29-33,35,37-39H2,1-2H3,(H,48,51)/b28-26+,36-34+. The maximum absolute atomic E-state index is 12.9. The van der Waals surface area contributed by atoms with Crippen LogP contribution < -0.4 is 5.32 Å². The number of ether oxygens (including phenoxy) is 2. The van der Waals surface area contributed by atoms with E-state index in [9.17, 15) is 30.3 Å². The number of amides is 1. The molecule has 0 aliphatic carbocycles. The smallest absolute Gasteiger partial charge is 0.220 e. The Hall–Kier alpha value is -1.33. The molecule has 1 amide bonds. The molecule has 0 spiro atoms. The highest BCUT2D eigenvalue weighted by Crippen LogP contribution is 2.23. The van der Waals surface area contributed by atoms with Crippen molar-refractivity contribution in [3.63, 3.8) is 0 Å². The van der Waals surface area contributed by atoms with Gasteiger partial charge >= 0.3 is 0 Å². The SMILES string of the molecule is CCCCCCCCCCCCCC/C=C/CC/C=C/C(O)C(COC1OC(CO)C(O)C(O)C1O)NC(=O)CCCCCCCCCCCCCCCCC. The number of aliphatic hydroxyl groups is 5. The molecule has 7 unspecified atom stereocenters. The van der Waals surface area contributed by atoms with Crippen LogP contribution in [-0.4, -0.2) is 87.5 Å². The average molecular weight is 796 g/mol. The van der Waals surface area contributed by atoms with E-state index in [0.717, 1.165) is 38.5 Å². The molecule has 0 bridgehead atoms. The van der Waals surface area contributed by atoms with Gasteiger partial charge in [-0.15, -0.1) is 0 Å². The number of carbonyl (C=O) groups is 1. The summed E-state index contributed by atoms with van der Waals surface area (Å²) < 4.78 is 11.2. The van der Waals surface area contributed by atoms with E-state index in [-0.39, 0.29) is 12.5 Å². The summed E-state index contributed by atoms with van der Waals surface area (Å²) in [4.78, 5) is 12.9. The summed E-state index contributed by atoms with van der Waals surface area (Å²) in [6.45, 7) is 3.76. The van der Waals surface area contributed by atoms with Gasteiger partial charge in [-0.1, -0.05) is 199 Å². The summed E-state index contributed by atoms with van der Waals surface area (Å²) in [6.07, 6.45) is 37.9. The largest absolute Gasteiger partial charge is 0.394 e. The molecular weight excluding hydrogens is 707 g/mol. The summed E-state index contributed by atoms with van der Waals surface area (Å²) in [5, 5.41) is 54.2. The molecule has 0 aromatic carbocycles. The van der Waals surface area contributed by atoms with E-state index in [1.807, 2.05) is 6.08 Å². The summed E-state index contributed by atoms with van der Waals surface area (Å²) in [6, 6.07) is -0.816. The van der Waals surface area contributed by atoms with Crippen LogP contribution in [0.3, 0.4) is 0 Å². The first kappa shape index (κ1) is 52.7. The third-order valence-electron chi connectivity index (χ3n) is 11.3.